The Balaban J connectivity index is 1.92. The van der Waals surface area contributed by atoms with Crippen molar-refractivity contribution in [3.63, 3.8) is 0 Å². The summed E-state index contributed by atoms with van der Waals surface area (Å²) in [6, 6.07) is 7.85. The van der Waals surface area contributed by atoms with Crippen LogP contribution >= 0.6 is 0 Å². The normalized spacial score (nSPS) is 16.6. The molecule has 2 amide bonds. The van der Waals surface area contributed by atoms with Gasteiger partial charge in [0.25, 0.3) is 0 Å². The number of benzene rings is 1. The van der Waals surface area contributed by atoms with Crippen molar-refractivity contribution in [2.24, 2.45) is 5.73 Å². The first kappa shape index (κ1) is 24.5. The van der Waals surface area contributed by atoms with E-state index in [-0.39, 0.29) is 43.6 Å². The van der Waals surface area contributed by atoms with Crippen LogP contribution in [-0.4, -0.2) is 66.7 Å². The zero-order valence-electron chi connectivity index (χ0n) is 18.0. The van der Waals surface area contributed by atoms with Gasteiger partial charge in [0.15, 0.2) is 5.78 Å². The van der Waals surface area contributed by atoms with Crippen LogP contribution in [0.2, 0.25) is 0 Å². The van der Waals surface area contributed by atoms with E-state index in [1.807, 2.05) is 30.3 Å². The smallest absolute Gasteiger partial charge is 0.306 e. The molecular weight excluding hydrogens is 400 g/mol. The first-order chi connectivity index (χ1) is 14.9. The Morgan fingerprint density at radius 3 is 2.65 bits per heavy atom. The summed E-state index contributed by atoms with van der Waals surface area (Å²) in [5.41, 5.74) is 6.30. The molecule has 2 atom stereocenters. The quantitative estimate of drug-likeness (QED) is 0.316. The summed E-state index contributed by atoms with van der Waals surface area (Å²) in [5, 5.41) is 5.65. The molecule has 4 N–H and O–H groups in total. The third-order valence-corrected chi connectivity index (χ3v) is 5.17. The average molecular weight is 433 g/mol. The molecule has 2 rings (SSSR count). The van der Waals surface area contributed by atoms with E-state index in [1.54, 1.807) is 0 Å². The minimum atomic E-state index is -0.851. The minimum Gasteiger partial charge on any atom is -0.461 e. The molecule has 170 valence electrons. The summed E-state index contributed by atoms with van der Waals surface area (Å²) in [4.78, 5) is 50.8. The highest BCUT2D eigenvalue weighted by atomic mass is 16.5. The first-order valence-electron chi connectivity index (χ1n) is 10.6. The predicted molar refractivity (Wildman–Crippen MR) is 115 cm³/mol. The van der Waals surface area contributed by atoms with Crippen molar-refractivity contribution >= 4 is 23.6 Å². The molecule has 1 aromatic carbocycles. The van der Waals surface area contributed by atoms with E-state index in [2.05, 4.69) is 10.6 Å². The SMILES string of the molecule is CC(=O)N1CCCC1C(=O)NC(CCC(=O)OCc1ccccc1)C(=O)CNCCN. The Kier molecular flexibility index (Phi) is 10.1. The number of carbonyl (C=O) groups excluding carboxylic acids is 4. The summed E-state index contributed by atoms with van der Waals surface area (Å²) in [6.07, 6.45) is 1.40. The molecule has 0 saturated carbocycles. The number of hydrogen-bond donors (Lipinski definition) is 3. The zero-order chi connectivity index (χ0) is 22.6. The lowest BCUT2D eigenvalue weighted by Gasteiger charge is -2.25. The van der Waals surface area contributed by atoms with Gasteiger partial charge < -0.3 is 26.0 Å². The van der Waals surface area contributed by atoms with Gasteiger partial charge in [0, 0.05) is 33.0 Å². The lowest BCUT2D eigenvalue weighted by atomic mass is 10.1. The number of nitrogens with one attached hydrogen (secondary N) is 2. The summed E-state index contributed by atoms with van der Waals surface area (Å²) in [5.74, 6) is -1.24. The topological polar surface area (TPSA) is 131 Å². The predicted octanol–water partition coefficient (Wildman–Crippen LogP) is 0.123. The fourth-order valence-electron chi connectivity index (χ4n) is 3.51. The fourth-order valence-corrected chi connectivity index (χ4v) is 3.51. The first-order valence-corrected chi connectivity index (χ1v) is 10.6. The van der Waals surface area contributed by atoms with E-state index in [0.29, 0.717) is 26.1 Å². The van der Waals surface area contributed by atoms with Gasteiger partial charge in [-0.05, 0) is 24.8 Å². The van der Waals surface area contributed by atoms with E-state index in [9.17, 15) is 19.2 Å². The summed E-state index contributed by atoms with van der Waals surface area (Å²) in [7, 11) is 0. The number of likely N-dealkylation sites (tertiary alicyclic amines) is 1. The Hall–Kier alpha value is -2.78. The van der Waals surface area contributed by atoms with Crippen molar-refractivity contribution in [2.75, 3.05) is 26.2 Å². The van der Waals surface area contributed by atoms with Crippen LogP contribution in [0.1, 0.15) is 38.2 Å². The highest BCUT2D eigenvalue weighted by Crippen LogP contribution is 2.18. The van der Waals surface area contributed by atoms with Crippen LogP contribution in [0.25, 0.3) is 0 Å². The Labute approximate surface area is 182 Å². The largest absolute Gasteiger partial charge is 0.461 e. The number of ketones is 1. The lowest BCUT2D eigenvalue weighted by molar-refractivity contribution is -0.145. The van der Waals surface area contributed by atoms with Crippen LogP contribution < -0.4 is 16.4 Å². The van der Waals surface area contributed by atoms with E-state index in [1.165, 1.54) is 11.8 Å². The van der Waals surface area contributed by atoms with Gasteiger partial charge in [0.1, 0.15) is 12.6 Å². The molecule has 1 aliphatic rings. The van der Waals surface area contributed by atoms with Crippen molar-refractivity contribution in [1.29, 1.82) is 0 Å². The van der Waals surface area contributed by atoms with Crippen LogP contribution in [0.3, 0.4) is 0 Å². The molecule has 1 saturated heterocycles. The van der Waals surface area contributed by atoms with E-state index in [0.717, 1.165) is 12.0 Å². The van der Waals surface area contributed by atoms with Crippen LogP contribution in [0.4, 0.5) is 0 Å². The molecule has 2 unspecified atom stereocenters. The summed E-state index contributed by atoms with van der Waals surface area (Å²) in [6.45, 7) is 2.97. The highest BCUT2D eigenvalue weighted by molar-refractivity contribution is 5.93. The number of carbonyl (C=O) groups is 4. The van der Waals surface area contributed by atoms with Crippen LogP contribution in [-0.2, 0) is 30.5 Å². The second-order valence-electron chi connectivity index (χ2n) is 7.55. The molecule has 0 spiro atoms. The maximum Gasteiger partial charge on any atom is 0.306 e. The molecular formula is C22H32N4O5. The third kappa shape index (κ3) is 8.10. The van der Waals surface area contributed by atoms with Crippen LogP contribution in [0, 0.1) is 0 Å². The van der Waals surface area contributed by atoms with Gasteiger partial charge in [-0.1, -0.05) is 30.3 Å². The van der Waals surface area contributed by atoms with Gasteiger partial charge in [-0.2, -0.15) is 0 Å². The zero-order valence-corrected chi connectivity index (χ0v) is 18.0. The van der Waals surface area contributed by atoms with Crippen molar-refractivity contribution in [3.8, 4) is 0 Å². The lowest BCUT2D eigenvalue weighted by Crippen LogP contribution is -2.52. The van der Waals surface area contributed by atoms with Gasteiger partial charge in [-0.3, -0.25) is 19.2 Å². The molecule has 1 aliphatic heterocycles. The van der Waals surface area contributed by atoms with Crippen molar-refractivity contribution in [1.82, 2.24) is 15.5 Å². The average Bonchev–Trinajstić information content (AvgIpc) is 3.26. The molecule has 1 aromatic rings. The standard InChI is InChI=1S/C22H32N4O5/c1-16(27)26-13-5-8-19(26)22(30)25-18(20(28)14-24-12-11-23)9-10-21(29)31-15-17-6-3-2-4-7-17/h2-4,6-7,18-19,24H,5,8-15,23H2,1H3,(H,25,30). The van der Waals surface area contributed by atoms with Crippen LogP contribution in [0.15, 0.2) is 30.3 Å². The molecule has 31 heavy (non-hydrogen) atoms. The molecule has 0 bridgehead atoms. The molecule has 1 fully saturated rings. The number of amides is 2. The number of nitrogens with zero attached hydrogens (tertiary/aromatic N) is 1. The maximum atomic E-state index is 12.7. The third-order valence-electron chi connectivity index (χ3n) is 5.17. The van der Waals surface area contributed by atoms with Gasteiger partial charge >= 0.3 is 5.97 Å². The van der Waals surface area contributed by atoms with Crippen molar-refractivity contribution in [3.05, 3.63) is 35.9 Å². The van der Waals surface area contributed by atoms with E-state index >= 15 is 0 Å². The Morgan fingerprint density at radius 1 is 1.23 bits per heavy atom. The van der Waals surface area contributed by atoms with E-state index < -0.39 is 18.1 Å². The van der Waals surface area contributed by atoms with Crippen molar-refractivity contribution < 1.29 is 23.9 Å². The minimum absolute atomic E-state index is 0.0124. The second kappa shape index (κ2) is 12.8. The number of ether oxygens (including phenoxy) is 1. The van der Waals surface area contributed by atoms with Crippen LogP contribution in [0.5, 0.6) is 0 Å². The highest BCUT2D eigenvalue weighted by Gasteiger charge is 2.34. The van der Waals surface area contributed by atoms with Crippen molar-refractivity contribution in [2.45, 2.75) is 51.3 Å². The number of rotatable bonds is 12. The molecule has 0 aromatic heterocycles. The van der Waals surface area contributed by atoms with Gasteiger partial charge in [-0.15, -0.1) is 0 Å². The second-order valence-corrected chi connectivity index (χ2v) is 7.55. The molecule has 0 aliphatic carbocycles. The Morgan fingerprint density at radius 2 is 1.97 bits per heavy atom. The fraction of sp³-hybridized carbons (Fsp3) is 0.545. The summed E-state index contributed by atoms with van der Waals surface area (Å²) >= 11 is 0. The molecule has 9 nitrogen and oxygen atoms in total. The molecule has 9 heteroatoms. The van der Waals surface area contributed by atoms with Gasteiger partial charge in [0.2, 0.25) is 11.8 Å². The maximum absolute atomic E-state index is 12.7. The summed E-state index contributed by atoms with van der Waals surface area (Å²) < 4.78 is 5.26. The molecule has 0 radical (unpaired) electrons. The van der Waals surface area contributed by atoms with E-state index in [4.69, 9.17) is 10.5 Å². The monoisotopic (exact) mass is 432 g/mol. The Bertz CT molecular complexity index is 756. The van der Waals surface area contributed by atoms with Gasteiger partial charge in [0.05, 0.1) is 12.6 Å². The molecule has 1 heterocycles. The number of hydrogen-bond acceptors (Lipinski definition) is 7. The number of nitrogens with two attached hydrogens (primary N) is 1. The van der Waals surface area contributed by atoms with Gasteiger partial charge in [-0.25, -0.2) is 0 Å². The number of Topliss-reactive ketones (excluding diaryl/α,β-unsaturated/α-hetero) is 1. The number of esters is 1.